The Hall–Kier alpha value is -3.74. The fourth-order valence-corrected chi connectivity index (χ4v) is 4.43. The van der Waals surface area contributed by atoms with E-state index in [2.05, 4.69) is 56.8 Å². The zero-order valence-corrected chi connectivity index (χ0v) is 19.1. The number of anilines is 1. The van der Waals surface area contributed by atoms with Gasteiger partial charge in [-0.15, -0.1) is 0 Å². The molecule has 5 rings (SSSR count). The molecule has 0 radical (unpaired) electrons. The van der Waals surface area contributed by atoms with Gasteiger partial charge in [0.05, 0.1) is 30.9 Å². The van der Waals surface area contributed by atoms with Crippen molar-refractivity contribution in [1.29, 1.82) is 0 Å². The summed E-state index contributed by atoms with van der Waals surface area (Å²) in [6.45, 7) is 4.36. The van der Waals surface area contributed by atoms with E-state index >= 15 is 0 Å². The van der Waals surface area contributed by atoms with Crippen molar-refractivity contribution in [3.8, 4) is 11.4 Å². The SMILES string of the molecule is COc1cc(/C=C2\CCCN3C2=NOC[C@@H]3CNc2ccccc2)ccc1-n1cnc(C)c1. The second-order valence-corrected chi connectivity index (χ2v) is 8.43. The molecule has 7 nitrogen and oxygen atoms in total. The summed E-state index contributed by atoms with van der Waals surface area (Å²) in [5, 5.41) is 7.98. The van der Waals surface area contributed by atoms with Crippen molar-refractivity contribution in [2.24, 2.45) is 5.16 Å². The number of aromatic nitrogens is 2. The molecule has 170 valence electrons. The monoisotopic (exact) mass is 443 g/mol. The second kappa shape index (κ2) is 9.40. The van der Waals surface area contributed by atoms with Crippen LogP contribution < -0.4 is 10.1 Å². The number of ether oxygens (including phenoxy) is 1. The van der Waals surface area contributed by atoms with Gasteiger partial charge >= 0.3 is 0 Å². The summed E-state index contributed by atoms with van der Waals surface area (Å²) in [5.74, 6) is 1.75. The Morgan fingerprint density at radius 3 is 2.88 bits per heavy atom. The van der Waals surface area contributed by atoms with E-state index < -0.39 is 0 Å². The van der Waals surface area contributed by atoms with E-state index in [1.165, 1.54) is 5.57 Å². The molecular formula is C26H29N5O2. The number of fused-ring (bicyclic) bond motifs is 1. The van der Waals surface area contributed by atoms with Crippen LogP contribution in [0.1, 0.15) is 24.1 Å². The van der Waals surface area contributed by atoms with Crippen molar-refractivity contribution >= 4 is 17.6 Å². The standard InChI is InChI=1S/C26H29N5O2/c1-19-16-30(18-28-19)24-11-10-20(14-25(24)32-2)13-21-7-6-12-31-23(17-33-29-26(21)31)15-27-22-8-4-3-5-9-22/h3-5,8-11,13-14,16,18,23,27H,6-7,12,15,17H2,1-2H3/b21-13+/t23-/m0/s1. The third kappa shape index (κ3) is 4.58. The fraction of sp³-hybridized carbons (Fsp3) is 0.308. The number of imidazole rings is 1. The molecule has 3 heterocycles. The summed E-state index contributed by atoms with van der Waals surface area (Å²) in [6.07, 6.45) is 8.07. The van der Waals surface area contributed by atoms with Crippen LogP contribution in [0.25, 0.3) is 11.8 Å². The lowest BCUT2D eigenvalue weighted by Crippen LogP contribution is -2.52. The number of aryl methyl sites for hydroxylation is 1. The minimum absolute atomic E-state index is 0.239. The summed E-state index contributed by atoms with van der Waals surface area (Å²) in [7, 11) is 1.70. The van der Waals surface area contributed by atoms with Crippen molar-refractivity contribution in [3.63, 3.8) is 0 Å². The maximum absolute atomic E-state index is 5.69. The molecule has 1 atom stereocenters. The minimum Gasteiger partial charge on any atom is -0.495 e. The van der Waals surface area contributed by atoms with Gasteiger partial charge in [-0.1, -0.05) is 29.4 Å². The summed E-state index contributed by atoms with van der Waals surface area (Å²) in [6, 6.07) is 16.8. The van der Waals surface area contributed by atoms with Gasteiger partial charge in [0.2, 0.25) is 0 Å². The number of methoxy groups -OCH3 is 1. The second-order valence-electron chi connectivity index (χ2n) is 8.43. The summed E-state index contributed by atoms with van der Waals surface area (Å²) in [5.41, 5.74) is 5.33. The van der Waals surface area contributed by atoms with Crippen LogP contribution in [0, 0.1) is 6.92 Å². The van der Waals surface area contributed by atoms with Gasteiger partial charge in [-0.3, -0.25) is 0 Å². The normalized spacial score (nSPS) is 19.0. The minimum atomic E-state index is 0.239. The van der Waals surface area contributed by atoms with Crippen LogP contribution in [0.4, 0.5) is 5.69 Å². The van der Waals surface area contributed by atoms with Gasteiger partial charge in [-0.25, -0.2) is 4.98 Å². The number of nitrogens with one attached hydrogen (secondary N) is 1. The van der Waals surface area contributed by atoms with E-state index in [1.54, 1.807) is 7.11 Å². The predicted octanol–water partition coefficient (Wildman–Crippen LogP) is 4.49. The molecule has 0 spiro atoms. The number of benzene rings is 2. The molecule has 2 aromatic carbocycles. The van der Waals surface area contributed by atoms with Crippen LogP contribution in [0.15, 0.2) is 71.8 Å². The Labute approximate surface area is 194 Å². The first kappa shape index (κ1) is 21.1. The van der Waals surface area contributed by atoms with E-state index in [0.29, 0.717) is 6.61 Å². The smallest absolute Gasteiger partial charge is 0.171 e. The lowest BCUT2D eigenvalue weighted by molar-refractivity contribution is 0.0626. The number of oxime groups is 1. The fourth-order valence-electron chi connectivity index (χ4n) is 4.43. The Balaban J connectivity index is 1.36. The molecule has 7 heteroatoms. The number of rotatable bonds is 6. The van der Waals surface area contributed by atoms with Crippen LogP contribution in [-0.2, 0) is 4.84 Å². The van der Waals surface area contributed by atoms with Gasteiger partial charge in [0, 0.05) is 25.0 Å². The van der Waals surface area contributed by atoms with Crippen LogP contribution in [0.3, 0.4) is 0 Å². The molecule has 3 aromatic rings. The molecule has 1 aromatic heterocycles. The number of hydrogen-bond acceptors (Lipinski definition) is 6. The highest BCUT2D eigenvalue weighted by atomic mass is 16.6. The van der Waals surface area contributed by atoms with E-state index in [9.17, 15) is 0 Å². The third-order valence-corrected chi connectivity index (χ3v) is 6.11. The van der Waals surface area contributed by atoms with Gasteiger partial charge in [-0.05, 0) is 61.2 Å². The van der Waals surface area contributed by atoms with Gasteiger partial charge in [0.1, 0.15) is 12.4 Å². The number of nitrogens with zero attached hydrogens (tertiary/aromatic N) is 4. The molecule has 0 amide bonds. The summed E-state index contributed by atoms with van der Waals surface area (Å²) >= 11 is 0. The van der Waals surface area contributed by atoms with Crippen molar-refractivity contribution in [3.05, 3.63) is 77.9 Å². The van der Waals surface area contributed by atoms with Crippen LogP contribution in [0.2, 0.25) is 0 Å². The molecule has 2 aliphatic rings. The number of hydrogen-bond donors (Lipinski definition) is 1. The molecule has 0 bridgehead atoms. The first-order chi connectivity index (χ1) is 16.2. The van der Waals surface area contributed by atoms with Crippen molar-refractivity contribution in [1.82, 2.24) is 14.5 Å². The van der Waals surface area contributed by atoms with Crippen LogP contribution in [-0.4, -0.2) is 53.1 Å². The van der Waals surface area contributed by atoms with Crippen LogP contribution in [0.5, 0.6) is 5.75 Å². The quantitative estimate of drug-likeness (QED) is 0.608. The highest BCUT2D eigenvalue weighted by Crippen LogP contribution is 2.29. The average molecular weight is 444 g/mol. The molecule has 1 N–H and O–H groups in total. The van der Waals surface area contributed by atoms with E-state index in [-0.39, 0.29) is 6.04 Å². The maximum atomic E-state index is 5.69. The molecule has 0 aliphatic carbocycles. The highest BCUT2D eigenvalue weighted by Gasteiger charge is 2.31. The Kier molecular flexibility index (Phi) is 6.02. The number of piperidine rings is 1. The topological polar surface area (TPSA) is 63.9 Å². The third-order valence-electron chi connectivity index (χ3n) is 6.11. The van der Waals surface area contributed by atoms with Gasteiger partial charge < -0.3 is 24.4 Å². The predicted molar refractivity (Wildman–Crippen MR) is 131 cm³/mol. The van der Waals surface area contributed by atoms with Crippen molar-refractivity contribution in [2.75, 3.05) is 32.1 Å². The zero-order valence-electron chi connectivity index (χ0n) is 19.1. The highest BCUT2D eigenvalue weighted by molar-refractivity contribution is 6.03. The maximum Gasteiger partial charge on any atom is 0.171 e. The average Bonchev–Trinajstić information content (AvgIpc) is 3.29. The molecule has 1 fully saturated rings. The van der Waals surface area contributed by atoms with Crippen molar-refractivity contribution < 1.29 is 9.57 Å². The molecule has 0 saturated carbocycles. The van der Waals surface area contributed by atoms with Gasteiger partial charge in [0.15, 0.2) is 5.84 Å². The molecule has 2 aliphatic heterocycles. The van der Waals surface area contributed by atoms with Crippen LogP contribution >= 0.6 is 0 Å². The van der Waals surface area contributed by atoms with E-state index in [4.69, 9.17) is 9.57 Å². The Morgan fingerprint density at radius 1 is 1.21 bits per heavy atom. The first-order valence-electron chi connectivity index (χ1n) is 11.4. The first-order valence-corrected chi connectivity index (χ1v) is 11.4. The van der Waals surface area contributed by atoms with Gasteiger partial charge in [-0.2, -0.15) is 0 Å². The summed E-state index contributed by atoms with van der Waals surface area (Å²) < 4.78 is 7.67. The largest absolute Gasteiger partial charge is 0.495 e. The molecule has 0 unspecified atom stereocenters. The lowest BCUT2D eigenvalue weighted by Gasteiger charge is -2.40. The summed E-state index contributed by atoms with van der Waals surface area (Å²) in [4.78, 5) is 12.4. The lowest BCUT2D eigenvalue weighted by atomic mass is 9.98. The number of amidine groups is 1. The molecule has 33 heavy (non-hydrogen) atoms. The zero-order chi connectivity index (χ0) is 22.6. The Bertz CT molecular complexity index is 1170. The molecule has 1 saturated heterocycles. The number of para-hydroxylation sites is 1. The van der Waals surface area contributed by atoms with Gasteiger partial charge in [0.25, 0.3) is 0 Å². The molecular weight excluding hydrogens is 414 g/mol. The van der Waals surface area contributed by atoms with E-state index in [1.807, 2.05) is 42.2 Å². The van der Waals surface area contributed by atoms with E-state index in [0.717, 1.165) is 60.1 Å². The van der Waals surface area contributed by atoms with Crippen molar-refractivity contribution in [2.45, 2.75) is 25.8 Å². The Morgan fingerprint density at radius 2 is 2.09 bits per heavy atom.